The van der Waals surface area contributed by atoms with Crippen LogP contribution in [0.3, 0.4) is 0 Å². The molecule has 2 N–H and O–H groups in total. The SMILES string of the molecule is CNc1cncc(NCc2nc(C)c(C)o2)c1. The highest BCUT2D eigenvalue weighted by molar-refractivity contribution is 5.53. The average Bonchev–Trinajstić information content (AvgIpc) is 2.67. The zero-order chi connectivity index (χ0) is 12.3. The quantitative estimate of drug-likeness (QED) is 0.847. The van der Waals surface area contributed by atoms with E-state index in [0.29, 0.717) is 12.4 Å². The average molecular weight is 232 g/mol. The van der Waals surface area contributed by atoms with Gasteiger partial charge in [0, 0.05) is 7.05 Å². The Labute approximate surface area is 100 Å². The van der Waals surface area contributed by atoms with E-state index in [0.717, 1.165) is 22.8 Å². The van der Waals surface area contributed by atoms with Crippen molar-refractivity contribution in [3.63, 3.8) is 0 Å². The molecule has 2 aromatic rings. The third-order valence-corrected chi connectivity index (χ3v) is 2.54. The van der Waals surface area contributed by atoms with Crippen molar-refractivity contribution in [3.8, 4) is 0 Å². The van der Waals surface area contributed by atoms with Gasteiger partial charge in [0.2, 0.25) is 5.89 Å². The van der Waals surface area contributed by atoms with Crippen LogP contribution in [-0.2, 0) is 6.54 Å². The van der Waals surface area contributed by atoms with Gasteiger partial charge in [0.05, 0.1) is 36.0 Å². The summed E-state index contributed by atoms with van der Waals surface area (Å²) < 4.78 is 5.48. The molecule has 0 unspecified atom stereocenters. The number of aryl methyl sites for hydroxylation is 2. The Hall–Kier alpha value is -2.04. The molecule has 0 aliphatic carbocycles. The van der Waals surface area contributed by atoms with Crippen LogP contribution in [0.5, 0.6) is 0 Å². The second kappa shape index (κ2) is 4.86. The molecule has 90 valence electrons. The molecule has 17 heavy (non-hydrogen) atoms. The summed E-state index contributed by atoms with van der Waals surface area (Å²) in [6.07, 6.45) is 3.54. The molecule has 0 bridgehead atoms. The summed E-state index contributed by atoms with van der Waals surface area (Å²) in [7, 11) is 1.86. The molecule has 0 aromatic carbocycles. The van der Waals surface area contributed by atoms with Crippen molar-refractivity contribution in [2.45, 2.75) is 20.4 Å². The summed E-state index contributed by atoms with van der Waals surface area (Å²) in [5, 5.41) is 6.25. The molecule has 5 nitrogen and oxygen atoms in total. The van der Waals surface area contributed by atoms with E-state index in [1.807, 2.05) is 27.0 Å². The molecule has 0 spiro atoms. The highest BCUT2D eigenvalue weighted by Gasteiger charge is 2.05. The van der Waals surface area contributed by atoms with Gasteiger partial charge in [-0.05, 0) is 19.9 Å². The van der Waals surface area contributed by atoms with Gasteiger partial charge in [0.15, 0.2) is 0 Å². The Kier molecular flexibility index (Phi) is 3.27. The molecular formula is C12H16N4O. The molecule has 0 aliphatic rings. The van der Waals surface area contributed by atoms with Gasteiger partial charge in [0.25, 0.3) is 0 Å². The van der Waals surface area contributed by atoms with Gasteiger partial charge in [0.1, 0.15) is 5.76 Å². The predicted molar refractivity (Wildman–Crippen MR) is 67.1 cm³/mol. The summed E-state index contributed by atoms with van der Waals surface area (Å²) in [6, 6.07) is 1.98. The molecular weight excluding hydrogens is 216 g/mol. The Morgan fingerprint density at radius 3 is 2.65 bits per heavy atom. The molecule has 0 saturated carbocycles. The maximum Gasteiger partial charge on any atom is 0.213 e. The minimum absolute atomic E-state index is 0.559. The first-order valence-electron chi connectivity index (χ1n) is 5.48. The van der Waals surface area contributed by atoms with Crippen LogP contribution in [-0.4, -0.2) is 17.0 Å². The Bertz CT molecular complexity index is 487. The van der Waals surface area contributed by atoms with E-state index >= 15 is 0 Å². The fourth-order valence-corrected chi connectivity index (χ4v) is 1.47. The normalized spacial score (nSPS) is 10.3. The Morgan fingerprint density at radius 2 is 2.00 bits per heavy atom. The van der Waals surface area contributed by atoms with Crippen molar-refractivity contribution in [2.24, 2.45) is 0 Å². The molecule has 2 rings (SSSR count). The van der Waals surface area contributed by atoms with Crippen LogP contribution in [0, 0.1) is 13.8 Å². The van der Waals surface area contributed by atoms with Gasteiger partial charge in [-0.25, -0.2) is 4.98 Å². The van der Waals surface area contributed by atoms with Gasteiger partial charge < -0.3 is 15.1 Å². The van der Waals surface area contributed by atoms with Crippen molar-refractivity contribution < 1.29 is 4.42 Å². The van der Waals surface area contributed by atoms with Crippen molar-refractivity contribution in [1.29, 1.82) is 0 Å². The minimum atomic E-state index is 0.559. The van der Waals surface area contributed by atoms with Crippen LogP contribution < -0.4 is 10.6 Å². The molecule has 2 aromatic heterocycles. The molecule has 2 heterocycles. The zero-order valence-corrected chi connectivity index (χ0v) is 10.2. The monoisotopic (exact) mass is 232 g/mol. The highest BCUT2D eigenvalue weighted by atomic mass is 16.4. The fourth-order valence-electron chi connectivity index (χ4n) is 1.47. The van der Waals surface area contributed by atoms with Gasteiger partial charge in [-0.1, -0.05) is 0 Å². The lowest BCUT2D eigenvalue weighted by molar-refractivity contribution is 0.478. The maximum absolute atomic E-state index is 5.48. The standard InChI is InChI=1S/C12H16N4O/c1-8-9(2)17-12(16-8)7-15-11-4-10(13-3)5-14-6-11/h4-6,13,15H,7H2,1-3H3. The third kappa shape index (κ3) is 2.75. The fraction of sp³-hybridized carbons (Fsp3) is 0.333. The number of pyridine rings is 1. The summed E-state index contributed by atoms with van der Waals surface area (Å²) in [5.74, 6) is 1.55. The highest BCUT2D eigenvalue weighted by Crippen LogP contribution is 2.14. The first kappa shape index (κ1) is 11.4. The predicted octanol–water partition coefficient (Wildman–Crippen LogP) is 2.34. The second-order valence-electron chi connectivity index (χ2n) is 3.82. The van der Waals surface area contributed by atoms with E-state index in [-0.39, 0.29) is 0 Å². The molecule has 0 saturated heterocycles. The third-order valence-electron chi connectivity index (χ3n) is 2.54. The lowest BCUT2D eigenvalue weighted by Gasteiger charge is -2.05. The van der Waals surface area contributed by atoms with Crippen LogP contribution >= 0.6 is 0 Å². The van der Waals surface area contributed by atoms with Crippen LogP contribution in [0.15, 0.2) is 22.9 Å². The van der Waals surface area contributed by atoms with Crippen LogP contribution in [0.4, 0.5) is 11.4 Å². The number of hydrogen-bond acceptors (Lipinski definition) is 5. The lowest BCUT2D eigenvalue weighted by atomic mass is 10.3. The molecule has 0 fully saturated rings. The molecule has 0 atom stereocenters. The smallest absolute Gasteiger partial charge is 0.213 e. The number of anilines is 2. The van der Waals surface area contributed by atoms with Crippen LogP contribution in [0.1, 0.15) is 17.3 Å². The van der Waals surface area contributed by atoms with Crippen LogP contribution in [0.25, 0.3) is 0 Å². The topological polar surface area (TPSA) is 63.0 Å². The molecule has 0 radical (unpaired) electrons. The van der Waals surface area contributed by atoms with Gasteiger partial charge in [-0.3, -0.25) is 4.98 Å². The van der Waals surface area contributed by atoms with E-state index in [1.165, 1.54) is 0 Å². The number of aromatic nitrogens is 2. The van der Waals surface area contributed by atoms with E-state index in [9.17, 15) is 0 Å². The summed E-state index contributed by atoms with van der Waals surface area (Å²) in [4.78, 5) is 8.42. The number of hydrogen-bond donors (Lipinski definition) is 2. The first-order valence-corrected chi connectivity index (χ1v) is 5.48. The van der Waals surface area contributed by atoms with Gasteiger partial charge >= 0.3 is 0 Å². The van der Waals surface area contributed by atoms with E-state index in [2.05, 4.69) is 20.6 Å². The molecule has 0 amide bonds. The number of nitrogens with zero attached hydrogens (tertiary/aromatic N) is 2. The van der Waals surface area contributed by atoms with E-state index < -0.39 is 0 Å². The Morgan fingerprint density at radius 1 is 1.24 bits per heavy atom. The van der Waals surface area contributed by atoms with Crippen molar-refractivity contribution in [2.75, 3.05) is 17.7 Å². The second-order valence-corrected chi connectivity index (χ2v) is 3.82. The van der Waals surface area contributed by atoms with Crippen LogP contribution in [0.2, 0.25) is 0 Å². The maximum atomic E-state index is 5.48. The molecule has 5 heteroatoms. The van der Waals surface area contributed by atoms with Gasteiger partial charge in [-0.2, -0.15) is 0 Å². The zero-order valence-electron chi connectivity index (χ0n) is 10.2. The minimum Gasteiger partial charge on any atom is -0.444 e. The van der Waals surface area contributed by atoms with Crippen molar-refractivity contribution in [1.82, 2.24) is 9.97 Å². The van der Waals surface area contributed by atoms with Crippen molar-refractivity contribution >= 4 is 11.4 Å². The summed E-state index contributed by atoms with van der Waals surface area (Å²) >= 11 is 0. The summed E-state index contributed by atoms with van der Waals surface area (Å²) in [6.45, 7) is 4.41. The first-order chi connectivity index (χ1) is 8.19. The lowest BCUT2D eigenvalue weighted by Crippen LogP contribution is -2.01. The largest absolute Gasteiger partial charge is 0.444 e. The summed E-state index contributed by atoms with van der Waals surface area (Å²) in [5.41, 5.74) is 2.84. The van der Waals surface area contributed by atoms with Gasteiger partial charge in [-0.15, -0.1) is 0 Å². The molecule has 0 aliphatic heterocycles. The number of rotatable bonds is 4. The number of oxazole rings is 1. The Balaban J connectivity index is 2.01. The van der Waals surface area contributed by atoms with E-state index in [4.69, 9.17) is 4.42 Å². The number of nitrogens with one attached hydrogen (secondary N) is 2. The van der Waals surface area contributed by atoms with Crippen molar-refractivity contribution in [3.05, 3.63) is 35.8 Å². The van der Waals surface area contributed by atoms with E-state index in [1.54, 1.807) is 12.4 Å².